The molecule has 0 aliphatic heterocycles. The van der Waals surface area contributed by atoms with Crippen LogP contribution in [0.1, 0.15) is 40.3 Å². The van der Waals surface area contributed by atoms with Crippen molar-refractivity contribution < 1.29 is 19.5 Å². The first-order valence-electron chi connectivity index (χ1n) is 7.96. The minimum absolute atomic E-state index is 0.113. The molecule has 0 radical (unpaired) electrons. The molecule has 6 nitrogen and oxygen atoms in total. The maximum atomic E-state index is 12.4. The standard InChI is InChI=1S/C18H19ClN2O4S/c1-10(2)8-14(18(24)25)21-16(22)11-5-6-12(19)13(9-11)20-17(23)15-4-3-7-26-15/h3-7,9-10,14H,8H2,1-2H3,(H,20,23)(H,21,22)(H,24,25)/t14-/m1/s1. The Morgan fingerprint density at radius 3 is 2.50 bits per heavy atom. The van der Waals surface area contributed by atoms with Crippen LogP contribution in [0.2, 0.25) is 5.02 Å². The number of rotatable bonds is 7. The average Bonchev–Trinajstić information content (AvgIpc) is 3.10. The van der Waals surface area contributed by atoms with E-state index < -0.39 is 17.9 Å². The van der Waals surface area contributed by atoms with Crippen LogP contribution < -0.4 is 10.6 Å². The van der Waals surface area contributed by atoms with E-state index in [2.05, 4.69) is 10.6 Å². The minimum atomic E-state index is -1.09. The number of benzene rings is 1. The van der Waals surface area contributed by atoms with E-state index in [9.17, 15) is 19.5 Å². The Morgan fingerprint density at radius 2 is 1.92 bits per heavy atom. The van der Waals surface area contributed by atoms with Crippen molar-refractivity contribution in [3.8, 4) is 0 Å². The van der Waals surface area contributed by atoms with Crippen LogP contribution in [0.25, 0.3) is 0 Å². The second-order valence-electron chi connectivity index (χ2n) is 6.12. The minimum Gasteiger partial charge on any atom is -0.480 e. The third-order valence-corrected chi connectivity index (χ3v) is 4.73. The molecule has 3 N–H and O–H groups in total. The van der Waals surface area contributed by atoms with Crippen molar-refractivity contribution in [3.63, 3.8) is 0 Å². The molecule has 0 fully saturated rings. The molecule has 1 aromatic carbocycles. The summed E-state index contributed by atoms with van der Waals surface area (Å²) < 4.78 is 0. The first kappa shape index (κ1) is 19.9. The number of hydrogen-bond acceptors (Lipinski definition) is 4. The molecule has 2 aromatic rings. The van der Waals surface area contributed by atoms with Crippen molar-refractivity contribution in [2.24, 2.45) is 5.92 Å². The van der Waals surface area contributed by atoms with E-state index in [1.807, 2.05) is 13.8 Å². The summed E-state index contributed by atoms with van der Waals surface area (Å²) in [5.74, 6) is -1.85. The lowest BCUT2D eigenvalue weighted by Gasteiger charge is -2.17. The maximum absolute atomic E-state index is 12.4. The van der Waals surface area contributed by atoms with Crippen LogP contribution in [0.5, 0.6) is 0 Å². The fraction of sp³-hybridized carbons (Fsp3) is 0.278. The number of carbonyl (C=O) groups excluding carboxylic acids is 2. The van der Waals surface area contributed by atoms with Crippen LogP contribution in [0.4, 0.5) is 5.69 Å². The monoisotopic (exact) mass is 394 g/mol. The van der Waals surface area contributed by atoms with Gasteiger partial charge in [0.05, 0.1) is 15.6 Å². The van der Waals surface area contributed by atoms with Gasteiger partial charge in [0, 0.05) is 5.56 Å². The molecule has 0 spiro atoms. The number of thiophene rings is 1. The van der Waals surface area contributed by atoms with Gasteiger partial charge in [-0.3, -0.25) is 9.59 Å². The largest absolute Gasteiger partial charge is 0.480 e. The van der Waals surface area contributed by atoms with Gasteiger partial charge in [0.25, 0.3) is 11.8 Å². The lowest BCUT2D eigenvalue weighted by Crippen LogP contribution is -2.41. The number of aliphatic carboxylic acids is 1. The van der Waals surface area contributed by atoms with Crippen molar-refractivity contribution >= 4 is 46.4 Å². The zero-order valence-corrected chi connectivity index (χ0v) is 15.9. The van der Waals surface area contributed by atoms with Crippen molar-refractivity contribution in [1.82, 2.24) is 5.32 Å². The molecule has 1 aromatic heterocycles. The van der Waals surface area contributed by atoms with Crippen molar-refractivity contribution in [3.05, 3.63) is 51.2 Å². The van der Waals surface area contributed by atoms with Gasteiger partial charge in [-0.05, 0) is 42.0 Å². The topological polar surface area (TPSA) is 95.5 Å². The molecule has 0 saturated carbocycles. The van der Waals surface area contributed by atoms with Gasteiger partial charge in [0.1, 0.15) is 6.04 Å². The van der Waals surface area contributed by atoms with E-state index in [0.717, 1.165) is 0 Å². The molecule has 26 heavy (non-hydrogen) atoms. The number of amides is 2. The highest BCUT2D eigenvalue weighted by molar-refractivity contribution is 7.12. The smallest absolute Gasteiger partial charge is 0.326 e. The molecule has 1 heterocycles. The zero-order chi connectivity index (χ0) is 19.3. The number of carboxylic acid groups (broad SMARTS) is 1. The predicted molar refractivity (Wildman–Crippen MR) is 102 cm³/mol. The summed E-state index contributed by atoms with van der Waals surface area (Å²) in [6, 6.07) is 6.84. The number of halogens is 1. The molecule has 0 bridgehead atoms. The maximum Gasteiger partial charge on any atom is 0.326 e. The molecule has 2 amide bonds. The van der Waals surface area contributed by atoms with Gasteiger partial charge in [-0.15, -0.1) is 11.3 Å². The number of nitrogens with one attached hydrogen (secondary N) is 2. The summed E-state index contributed by atoms with van der Waals surface area (Å²) in [6.07, 6.45) is 0.316. The fourth-order valence-corrected chi connectivity index (χ4v) is 3.07. The van der Waals surface area contributed by atoms with Gasteiger partial charge in [-0.1, -0.05) is 31.5 Å². The average molecular weight is 395 g/mol. The normalized spacial score (nSPS) is 11.8. The second kappa shape index (κ2) is 8.82. The van der Waals surface area contributed by atoms with E-state index in [1.54, 1.807) is 17.5 Å². The van der Waals surface area contributed by atoms with E-state index in [0.29, 0.717) is 11.3 Å². The zero-order valence-electron chi connectivity index (χ0n) is 14.3. The number of anilines is 1. The Balaban J connectivity index is 2.15. The molecule has 138 valence electrons. The third kappa shape index (κ3) is 5.31. The third-order valence-electron chi connectivity index (χ3n) is 3.53. The number of carboxylic acids is 1. The van der Waals surface area contributed by atoms with Gasteiger partial charge in [0.15, 0.2) is 0 Å². The molecule has 1 atom stereocenters. The van der Waals surface area contributed by atoms with Gasteiger partial charge >= 0.3 is 5.97 Å². The highest BCUT2D eigenvalue weighted by atomic mass is 35.5. The quantitative estimate of drug-likeness (QED) is 0.664. The lowest BCUT2D eigenvalue weighted by molar-refractivity contribution is -0.139. The van der Waals surface area contributed by atoms with E-state index in [1.165, 1.54) is 29.5 Å². The van der Waals surface area contributed by atoms with Crippen molar-refractivity contribution in [2.45, 2.75) is 26.3 Å². The molecule has 0 aliphatic carbocycles. The summed E-state index contributed by atoms with van der Waals surface area (Å²) in [5, 5.41) is 16.5. The molecule has 0 unspecified atom stereocenters. The molecule has 8 heteroatoms. The predicted octanol–water partition coefficient (Wildman–Crippen LogP) is 3.88. The van der Waals surface area contributed by atoms with Gasteiger partial charge in [0.2, 0.25) is 0 Å². The molecular weight excluding hydrogens is 376 g/mol. The van der Waals surface area contributed by atoms with Crippen LogP contribution in [0.15, 0.2) is 35.7 Å². The first-order chi connectivity index (χ1) is 12.3. The SMILES string of the molecule is CC(C)C[C@@H](NC(=O)c1ccc(Cl)c(NC(=O)c2cccs2)c1)C(=O)O. The fourth-order valence-electron chi connectivity index (χ4n) is 2.29. The van der Waals surface area contributed by atoms with Crippen LogP contribution >= 0.6 is 22.9 Å². The summed E-state index contributed by atoms with van der Waals surface area (Å²) in [5.41, 5.74) is 0.499. The Bertz CT molecular complexity index is 806. The Hall–Kier alpha value is -2.38. The summed E-state index contributed by atoms with van der Waals surface area (Å²) in [7, 11) is 0. The summed E-state index contributed by atoms with van der Waals surface area (Å²) >= 11 is 7.38. The highest BCUT2D eigenvalue weighted by Crippen LogP contribution is 2.24. The van der Waals surface area contributed by atoms with Crippen LogP contribution in [-0.2, 0) is 4.79 Å². The van der Waals surface area contributed by atoms with Crippen LogP contribution in [-0.4, -0.2) is 28.9 Å². The van der Waals surface area contributed by atoms with Crippen LogP contribution in [0.3, 0.4) is 0 Å². The first-order valence-corrected chi connectivity index (χ1v) is 9.21. The summed E-state index contributed by atoms with van der Waals surface area (Å²) in [4.78, 5) is 36.4. The molecular formula is C18H19ClN2O4S. The Labute approximate surface area is 160 Å². The number of carbonyl (C=O) groups is 3. The van der Waals surface area contributed by atoms with Crippen molar-refractivity contribution in [2.75, 3.05) is 5.32 Å². The molecule has 0 aliphatic rings. The summed E-state index contributed by atoms with van der Waals surface area (Å²) in [6.45, 7) is 3.76. The van der Waals surface area contributed by atoms with Gasteiger partial charge in [-0.25, -0.2) is 4.79 Å². The molecule has 2 rings (SSSR count). The van der Waals surface area contributed by atoms with E-state index >= 15 is 0 Å². The van der Waals surface area contributed by atoms with E-state index in [-0.39, 0.29) is 28.1 Å². The molecule has 0 saturated heterocycles. The number of hydrogen-bond donors (Lipinski definition) is 3. The lowest BCUT2D eigenvalue weighted by atomic mass is 10.0. The van der Waals surface area contributed by atoms with Gasteiger partial charge in [-0.2, -0.15) is 0 Å². The van der Waals surface area contributed by atoms with Crippen molar-refractivity contribution in [1.29, 1.82) is 0 Å². The highest BCUT2D eigenvalue weighted by Gasteiger charge is 2.22. The Kier molecular flexibility index (Phi) is 6.76. The Morgan fingerprint density at radius 1 is 1.19 bits per heavy atom. The van der Waals surface area contributed by atoms with Crippen LogP contribution in [0, 0.1) is 5.92 Å². The second-order valence-corrected chi connectivity index (χ2v) is 7.47. The van der Waals surface area contributed by atoms with E-state index in [4.69, 9.17) is 11.6 Å². The van der Waals surface area contributed by atoms with Gasteiger partial charge < -0.3 is 15.7 Å².